The van der Waals surface area contributed by atoms with Crippen molar-refractivity contribution in [1.82, 2.24) is 10.6 Å². The van der Waals surface area contributed by atoms with Crippen molar-refractivity contribution in [2.45, 2.75) is 110 Å². The number of aliphatic hydroxyl groups excluding tert-OH is 2. The lowest BCUT2D eigenvalue weighted by Crippen LogP contribution is -2.53. The first-order chi connectivity index (χ1) is 16.7. The van der Waals surface area contributed by atoms with Gasteiger partial charge < -0.3 is 25.6 Å². The van der Waals surface area contributed by atoms with Crippen molar-refractivity contribution in [3.63, 3.8) is 0 Å². The van der Waals surface area contributed by atoms with E-state index in [1.54, 1.807) is 6.92 Å². The molecular weight excluding hydrogens is 444 g/mol. The van der Waals surface area contributed by atoms with E-state index in [0.717, 1.165) is 31.2 Å². The molecule has 0 spiro atoms. The van der Waals surface area contributed by atoms with Crippen LogP contribution in [0.15, 0.2) is 30.3 Å². The summed E-state index contributed by atoms with van der Waals surface area (Å²) >= 11 is 0. The van der Waals surface area contributed by atoms with Gasteiger partial charge in [-0.15, -0.1) is 0 Å². The second kappa shape index (κ2) is 15.2. The summed E-state index contributed by atoms with van der Waals surface area (Å²) in [6, 6.07) is 9.00. The minimum Gasteiger partial charge on any atom is -0.390 e. The molecule has 0 unspecified atom stereocenters. The van der Waals surface area contributed by atoms with Crippen molar-refractivity contribution < 1.29 is 24.5 Å². The van der Waals surface area contributed by atoms with Gasteiger partial charge in [0.15, 0.2) is 0 Å². The summed E-state index contributed by atoms with van der Waals surface area (Å²) in [6.07, 6.45) is 3.43. The molecule has 1 aliphatic rings. The largest absolute Gasteiger partial charge is 0.390 e. The van der Waals surface area contributed by atoms with Gasteiger partial charge in [0.05, 0.1) is 12.1 Å². The fourth-order valence-corrected chi connectivity index (χ4v) is 4.88. The molecule has 0 saturated heterocycles. The Hall–Kier alpha value is -1.96. The third-order valence-corrected chi connectivity index (χ3v) is 6.80. The van der Waals surface area contributed by atoms with Gasteiger partial charge in [-0.1, -0.05) is 76.3 Å². The van der Waals surface area contributed by atoms with Gasteiger partial charge in [0.2, 0.25) is 11.8 Å². The van der Waals surface area contributed by atoms with Gasteiger partial charge in [-0.2, -0.15) is 0 Å². The average molecular weight is 491 g/mol. The van der Waals surface area contributed by atoms with E-state index in [1.807, 2.05) is 51.1 Å². The van der Waals surface area contributed by atoms with Gasteiger partial charge in [-0.05, 0) is 44.1 Å². The van der Waals surface area contributed by atoms with Crippen LogP contribution in [0.4, 0.5) is 0 Å². The van der Waals surface area contributed by atoms with Crippen LogP contribution in [0.25, 0.3) is 0 Å². The second-order valence-electron chi connectivity index (χ2n) is 10.4. The van der Waals surface area contributed by atoms with E-state index < -0.39 is 30.5 Å². The summed E-state index contributed by atoms with van der Waals surface area (Å²) in [5.74, 6) is -0.0118. The maximum atomic E-state index is 13.2. The van der Waals surface area contributed by atoms with Crippen LogP contribution in [0.2, 0.25) is 0 Å². The smallest absolute Gasteiger partial charge is 0.249 e. The Morgan fingerprint density at radius 1 is 1.03 bits per heavy atom. The Kier molecular flexibility index (Phi) is 12.7. The lowest BCUT2D eigenvalue weighted by Gasteiger charge is -2.33. The van der Waals surface area contributed by atoms with Gasteiger partial charge in [-0.3, -0.25) is 9.59 Å². The zero-order valence-corrected chi connectivity index (χ0v) is 21.9. The topological polar surface area (TPSA) is 108 Å². The number of hydrogen-bond donors (Lipinski definition) is 4. The second-order valence-corrected chi connectivity index (χ2v) is 10.4. The predicted octanol–water partition coefficient (Wildman–Crippen LogP) is 3.36. The number of carbonyl (C=O) groups excluding carboxylic acids is 2. The van der Waals surface area contributed by atoms with E-state index in [0.29, 0.717) is 31.7 Å². The number of amides is 2. The summed E-state index contributed by atoms with van der Waals surface area (Å²) in [7, 11) is 0. The summed E-state index contributed by atoms with van der Waals surface area (Å²) in [5.41, 5.74) is 0.943. The molecule has 7 heteroatoms. The lowest BCUT2D eigenvalue weighted by atomic mass is 9.82. The fourth-order valence-electron chi connectivity index (χ4n) is 4.88. The van der Waals surface area contributed by atoms with Crippen LogP contribution < -0.4 is 10.6 Å². The minimum atomic E-state index is -1.06. The maximum absolute atomic E-state index is 13.2. The predicted molar refractivity (Wildman–Crippen MR) is 138 cm³/mol. The molecule has 7 nitrogen and oxygen atoms in total. The first-order valence-corrected chi connectivity index (χ1v) is 13.3. The standard InChI is InChI=1S/C28H46N2O5/c1-5-29-28(34)25(18-22-14-10-7-11-15-22)35-20(4)27(33)30-23(17-21-12-8-6-9-13-21)26(32)24(31)16-19(2)3/h7,10-11,14-15,19-21,23-26,31-32H,5-6,8-9,12-13,16-18H2,1-4H3,(H,29,34)(H,30,33)/t20-,23-,24-,25-,26+/m0/s1. The van der Waals surface area contributed by atoms with Crippen LogP contribution in [-0.4, -0.2) is 59.0 Å². The zero-order valence-electron chi connectivity index (χ0n) is 21.9. The van der Waals surface area contributed by atoms with Crippen molar-refractivity contribution in [3.8, 4) is 0 Å². The van der Waals surface area contributed by atoms with Crippen LogP contribution >= 0.6 is 0 Å². The molecule has 2 amide bonds. The normalized spacial score (nSPS) is 18.9. The Labute approximate surface area is 211 Å². The van der Waals surface area contributed by atoms with Gasteiger partial charge in [0.1, 0.15) is 18.3 Å². The van der Waals surface area contributed by atoms with Crippen molar-refractivity contribution >= 4 is 11.8 Å². The molecule has 0 aromatic heterocycles. The molecule has 35 heavy (non-hydrogen) atoms. The summed E-state index contributed by atoms with van der Waals surface area (Å²) in [4.78, 5) is 25.8. The van der Waals surface area contributed by atoms with E-state index in [-0.39, 0.29) is 17.7 Å². The van der Waals surface area contributed by atoms with Crippen LogP contribution in [0, 0.1) is 11.8 Å². The summed E-state index contributed by atoms with van der Waals surface area (Å²) in [6.45, 7) is 7.93. The highest BCUT2D eigenvalue weighted by Crippen LogP contribution is 2.29. The van der Waals surface area contributed by atoms with Crippen molar-refractivity contribution in [2.24, 2.45) is 11.8 Å². The Morgan fingerprint density at radius 2 is 1.69 bits per heavy atom. The molecule has 1 aliphatic carbocycles. The van der Waals surface area contributed by atoms with Gasteiger partial charge in [0.25, 0.3) is 0 Å². The molecular formula is C28H46N2O5. The first-order valence-electron chi connectivity index (χ1n) is 13.3. The highest BCUT2D eigenvalue weighted by Gasteiger charge is 2.33. The molecule has 4 N–H and O–H groups in total. The third kappa shape index (κ3) is 10.3. The number of benzene rings is 1. The van der Waals surface area contributed by atoms with Crippen LogP contribution in [0.3, 0.4) is 0 Å². The van der Waals surface area contributed by atoms with Gasteiger partial charge >= 0.3 is 0 Å². The number of rotatable bonds is 14. The SMILES string of the molecule is CCNC(=O)[C@H](Cc1ccccc1)O[C@@H](C)C(=O)N[C@@H](CC1CCCCC1)[C@@H](O)[C@@H](O)CC(C)C. The highest BCUT2D eigenvalue weighted by atomic mass is 16.5. The minimum absolute atomic E-state index is 0.226. The Morgan fingerprint density at radius 3 is 2.29 bits per heavy atom. The van der Waals surface area contributed by atoms with Gasteiger partial charge in [0, 0.05) is 13.0 Å². The van der Waals surface area contributed by atoms with E-state index in [9.17, 15) is 19.8 Å². The first kappa shape index (κ1) is 29.3. The van der Waals surface area contributed by atoms with Crippen molar-refractivity contribution in [3.05, 3.63) is 35.9 Å². The number of carbonyl (C=O) groups is 2. The molecule has 5 atom stereocenters. The van der Waals surface area contributed by atoms with Crippen LogP contribution in [0.5, 0.6) is 0 Å². The van der Waals surface area contributed by atoms with Crippen LogP contribution in [-0.2, 0) is 20.7 Å². The molecule has 1 saturated carbocycles. The van der Waals surface area contributed by atoms with E-state index in [2.05, 4.69) is 10.6 Å². The Balaban J connectivity index is 2.08. The summed E-state index contributed by atoms with van der Waals surface area (Å²) in [5, 5.41) is 27.3. The van der Waals surface area contributed by atoms with E-state index >= 15 is 0 Å². The molecule has 198 valence electrons. The number of ether oxygens (including phenoxy) is 1. The molecule has 0 radical (unpaired) electrons. The molecule has 0 bridgehead atoms. The maximum Gasteiger partial charge on any atom is 0.249 e. The molecule has 1 fully saturated rings. The number of hydrogen-bond acceptors (Lipinski definition) is 5. The van der Waals surface area contributed by atoms with E-state index in [4.69, 9.17) is 4.74 Å². The monoisotopic (exact) mass is 490 g/mol. The average Bonchev–Trinajstić information content (AvgIpc) is 2.83. The molecule has 1 aromatic rings. The highest BCUT2D eigenvalue weighted by molar-refractivity contribution is 5.83. The lowest BCUT2D eigenvalue weighted by molar-refractivity contribution is -0.146. The van der Waals surface area contributed by atoms with E-state index in [1.165, 1.54) is 6.42 Å². The number of aliphatic hydroxyl groups is 2. The number of nitrogens with one attached hydrogen (secondary N) is 2. The summed E-state index contributed by atoms with van der Waals surface area (Å²) < 4.78 is 5.96. The quantitative estimate of drug-likeness (QED) is 0.320. The third-order valence-electron chi connectivity index (χ3n) is 6.80. The Bertz CT molecular complexity index is 751. The molecule has 2 rings (SSSR count). The fraction of sp³-hybridized carbons (Fsp3) is 0.714. The van der Waals surface area contributed by atoms with Crippen LogP contribution in [0.1, 0.15) is 78.2 Å². The van der Waals surface area contributed by atoms with Crippen molar-refractivity contribution in [1.29, 1.82) is 0 Å². The van der Waals surface area contributed by atoms with Crippen molar-refractivity contribution in [2.75, 3.05) is 6.54 Å². The molecule has 0 heterocycles. The zero-order chi connectivity index (χ0) is 25.8. The molecule has 0 aliphatic heterocycles. The number of likely N-dealkylation sites (N-methyl/N-ethyl adjacent to an activating group) is 1. The molecule has 1 aromatic carbocycles. The van der Waals surface area contributed by atoms with Gasteiger partial charge in [-0.25, -0.2) is 0 Å².